The Bertz CT molecular complexity index is 527. The topological polar surface area (TPSA) is 69.6 Å². The van der Waals surface area contributed by atoms with Gasteiger partial charge in [-0.2, -0.15) is 0 Å². The van der Waals surface area contributed by atoms with Crippen LogP contribution >= 0.6 is 7.82 Å². The average Bonchev–Trinajstić information content (AvgIpc) is 2.75. The lowest BCUT2D eigenvalue weighted by atomic mass is 10.0. The van der Waals surface area contributed by atoms with Crippen LogP contribution in [0.2, 0.25) is 0 Å². The van der Waals surface area contributed by atoms with Crippen LogP contribution in [0.3, 0.4) is 0 Å². The zero-order valence-corrected chi connectivity index (χ0v) is 24.7. The van der Waals surface area contributed by atoms with Gasteiger partial charge in [0.25, 0.3) is 7.82 Å². The van der Waals surface area contributed by atoms with Crippen LogP contribution < -0.4 is 4.89 Å². The summed E-state index contributed by atoms with van der Waals surface area (Å²) in [6.45, 7) is 2.85. The monoisotopic (exact) mass is 517 g/mol. The molecule has 0 aromatic rings. The van der Waals surface area contributed by atoms with Crippen molar-refractivity contribution in [1.29, 1.82) is 0 Å². The molecule has 0 saturated heterocycles. The van der Waals surface area contributed by atoms with Gasteiger partial charge < -0.3 is 18.8 Å². The first kappa shape index (κ1) is 34.8. The van der Waals surface area contributed by atoms with Crippen molar-refractivity contribution in [2.75, 3.05) is 27.7 Å². The zero-order chi connectivity index (χ0) is 26.3. The molecule has 2 unspecified atom stereocenters. The number of unbranched alkanes of at least 4 members (excludes halogenated alkanes) is 18. The van der Waals surface area contributed by atoms with E-state index in [9.17, 15) is 9.46 Å². The molecule has 5 nitrogen and oxygen atoms in total. The zero-order valence-electron chi connectivity index (χ0n) is 23.9. The summed E-state index contributed by atoms with van der Waals surface area (Å²) in [4.78, 5) is 20.1. The molecule has 1 N–H and O–H groups in total. The minimum absolute atomic E-state index is 0.440. The highest BCUT2D eigenvalue weighted by Crippen LogP contribution is 2.34. The molecule has 0 radical (unpaired) electrons. The lowest BCUT2D eigenvalue weighted by Crippen LogP contribution is -2.42. The lowest BCUT2D eigenvalue weighted by Gasteiger charge is -2.31. The van der Waals surface area contributed by atoms with E-state index in [-0.39, 0.29) is 0 Å². The number of allylic oxidation sites excluding steroid dienone is 2. The summed E-state index contributed by atoms with van der Waals surface area (Å²) in [5, 5.41) is 0. The second-order valence-electron chi connectivity index (χ2n) is 11.5. The van der Waals surface area contributed by atoms with Crippen LogP contribution in [0.1, 0.15) is 142 Å². The van der Waals surface area contributed by atoms with Gasteiger partial charge in [0.15, 0.2) is 0 Å². The number of likely N-dealkylation sites (N-methyl/N-ethyl adjacent to an activating group) is 1. The number of quaternary nitrogens is 1. The molecule has 0 rings (SSSR count). The summed E-state index contributed by atoms with van der Waals surface area (Å²) >= 11 is 0. The second kappa shape index (κ2) is 23.0. The van der Waals surface area contributed by atoms with Gasteiger partial charge in [0.1, 0.15) is 12.6 Å². The van der Waals surface area contributed by atoms with Crippen LogP contribution in [-0.4, -0.2) is 43.2 Å². The van der Waals surface area contributed by atoms with Crippen molar-refractivity contribution in [3.63, 3.8) is 0 Å². The van der Waals surface area contributed by atoms with Crippen molar-refractivity contribution in [2.45, 2.75) is 148 Å². The van der Waals surface area contributed by atoms with E-state index >= 15 is 0 Å². The standard InChI is InChI=1S/C29H60NO4P/c1-5-6-7-8-9-10-11-12-13-14-15-16-17-18-19-20-21-22-23-24-25-26-27-29(28-30(2,3)4)34-35(31,32)33/h12-13,29H,5-11,14-28H2,1-4H3,(H-,31,32,33)/b13-12-. The van der Waals surface area contributed by atoms with Crippen molar-refractivity contribution in [3.05, 3.63) is 12.2 Å². The van der Waals surface area contributed by atoms with Crippen LogP contribution in [0.25, 0.3) is 0 Å². The minimum Gasteiger partial charge on any atom is -0.756 e. The third-order valence-corrected chi connectivity index (χ3v) is 7.14. The Labute approximate surface area is 218 Å². The van der Waals surface area contributed by atoms with Crippen molar-refractivity contribution < 1.29 is 23.4 Å². The Kier molecular flexibility index (Phi) is 22.8. The summed E-state index contributed by atoms with van der Waals surface area (Å²) in [5.41, 5.74) is 0. The quantitative estimate of drug-likeness (QED) is 0.0542. The minimum atomic E-state index is -4.67. The van der Waals surface area contributed by atoms with Gasteiger partial charge in [-0.05, 0) is 32.1 Å². The maximum Gasteiger partial charge on any atom is 0.265 e. The molecule has 6 heteroatoms. The number of rotatable bonds is 26. The Hall–Kier alpha value is -0.190. The van der Waals surface area contributed by atoms with Crippen LogP contribution in [0.5, 0.6) is 0 Å². The molecule has 0 aliphatic rings. The first-order valence-electron chi connectivity index (χ1n) is 14.8. The summed E-state index contributed by atoms with van der Waals surface area (Å²) in [7, 11) is 1.33. The summed E-state index contributed by atoms with van der Waals surface area (Å²) < 4.78 is 16.6. The molecule has 0 aromatic carbocycles. The lowest BCUT2D eigenvalue weighted by molar-refractivity contribution is -0.873. The summed E-state index contributed by atoms with van der Waals surface area (Å²) in [6, 6.07) is 0. The van der Waals surface area contributed by atoms with Gasteiger partial charge in [0.2, 0.25) is 0 Å². The maximum absolute atomic E-state index is 11.1. The molecular formula is C29H60NO4P. The smallest absolute Gasteiger partial charge is 0.265 e. The number of nitrogens with zero attached hydrogens (tertiary/aromatic N) is 1. The largest absolute Gasteiger partial charge is 0.756 e. The fourth-order valence-corrected chi connectivity index (χ4v) is 5.21. The Morgan fingerprint density at radius 3 is 1.46 bits per heavy atom. The highest BCUT2D eigenvalue weighted by Gasteiger charge is 2.22. The SMILES string of the molecule is CCCCCCCC/C=C\CCCCCCCCCCCCCCC(C[N+](C)(C)C)OP(=O)([O-])O. The number of phosphoric ester groups is 1. The average molecular weight is 518 g/mol. The molecule has 35 heavy (non-hydrogen) atoms. The van der Waals surface area contributed by atoms with Gasteiger partial charge in [-0.1, -0.05) is 122 Å². The molecule has 0 fully saturated rings. The van der Waals surface area contributed by atoms with Gasteiger partial charge in [-0.3, -0.25) is 4.57 Å². The maximum atomic E-state index is 11.1. The third kappa shape index (κ3) is 29.9. The van der Waals surface area contributed by atoms with E-state index in [0.717, 1.165) is 12.8 Å². The molecule has 0 amide bonds. The van der Waals surface area contributed by atoms with Crippen LogP contribution in [0.4, 0.5) is 0 Å². The molecular weight excluding hydrogens is 457 g/mol. The molecule has 0 aliphatic carbocycles. The van der Waals surface area contributed by atoms with Gasteiger partial charge >= 0.3 is 0 Å². The van der Waals surface area contributed by atoms with Gasteiger partial charge in [0, 0.05) is 0 Å². The van der Waals surface area contributed by atoms with Gasteiger partial charge in [-0.15, -0.1) is 0 Å². The van der Waals surface area contributed by atoms with Gasteiger partial charge in [0.05, 0.1) is 21.1 Å². The molecule has 0 aromatic heterocycles. The highest BCUT2D eigenvalue weighted by atomic mass is 31.2. The summed E-state index contributed by atoms with van der Waals surface area (Å²) in [6.07, 6.45) is 31.2. The van der Waals surface area contributed by atoms with Crippen molar-refractivity contribution in [2.24, 2.45) is 0 Å². The second-order valence-corrected chi connectivity index (χ2v) is 12.7. The molecule has 210 valence electrons. The Morgan fingerprint density at radius 1 is 0.714 bits per heavy atom. The van der Waals surface area contributed by atoms with E-state index < -0.39 is 13.9 Å². The fraction of sp³-hybridized carbons (Fsp3) is 0.931. The molecule has 0 heterocycles. The van der Waals surface area contributed by atoms with E-state index in [0.29, 0.717) is 17.4 Å². The van der Waals surface area contributed by atoms with E-state index in [4.69, 9.17) is 9.42 Å². The predicted octanol–water partition coefficient (Wildman–Crippen LogP) is 8.31. The molecule has 0 spiro atoms. The predicted molar refractivity (Wildman–Crippen MR) is 149 cm³/mol. The molecule has 0 saturated carbocycles. The van der Waals surface area contributed by atoms with Crippen molar-refractivity contribution >= 4 is 7.82 Å². The van der Waals surface area contributed by atoms with E-state index in [1.54, 1.807) is 0 Å². The first-order valence-corrected chi connectivity index (χ1v) is 16.3. The number of hydrogen-bond acceptors (Lipinski definition) is 3. The van der Waals surface area contributed by atoms with Crippen LogP contribution in [-0.2, 0) is 9.09 Å². The fourth-order valence-electron chi connectivity index (χ4n) is 4.66. The molecule has 2 atom stereocenters. The van der Waals surface area contributed by atoms with E-state index in [1.165, 1.54) is 116 Å². The number of phosphoric acid groups is 1. The van der Waals surface area contributed by atoms with Crippen LogP contribution in [0.15, 0.2) is 12.2 Å². The van der Waals surface area contributed by atoms with Crippen molar-refractivity contribution in [3.8, 4) is 0 Å². The Balaban J connectivity index is 3.43. The Morgan fingerprint density at radius 2 is 1.09 bits per heavy atom. The normalized spacial score (nSPS) is 15.0. The van der Waals surface area contributed by atoms with Crippen molar-refractivity contribution in [1.82, 2.24) is 0 Å². The highest BCUT2D eigenvalue weighted by molar-refractivity contribution is 7.44. The first-order chi connectivity index (χ1) is 16.6. The third-order valence-electron chi connectivity index (χ3n) is 6.57. The number of hydrogen-bond donors (Lipinski definition) is 1. The van der Waals surface area contributed by atoms with Crippen LogP contribution in [0, 0.1) is 0 Å². The van der Waals surface area contributed by atoms with E-state index in [2.05, 4.69) is 19.1 Å². The van der Waals surface area contributed by atoms with Gasteiger partial charge in [-0.25, -0.2) is 0 Å². The van der Waals surface area contributed by atoms with E-state index in [1.807, 2.05) is 21.1 Å². The summed E-state index contributed by atoms with van der Waals surface area (Å²) in [5.74, 6) is 0. The molecule has 0 bridgehead atoms. The molecule has 0 aliphatic heterocycles.